The van der Waals surface area contributed by atoms with Crippen molar-refractivity contribution in [1.29, 1.82) is 0 Å². The van der Waals surface area contributed by atoms with Crippen LogP contribution in [0.25, 0.3) is 32.2 Å². The fraction of sp³-hybridized carbons (Fsp3) is 0.211. The Morgan fingerprint density at radius 1 is 1.17 bits per heavy atom. The summed E-state index contributed by atoms with van der Waals surface area (Å²) in [5.74, 6) is -1.38. The molecule has 5 rings (SSSR count). The highest BCUT2D eigenvalue weighted by Gasteiger charge is 2.38. The Bertz CT molecular complexity index is 1190. The summed E-state index contributed by atoms with van der Waals surface area (Å²) < 4.78 is 55.3. The number of fused-ring (bicyclic) bond motifs is 2. The van der Waals surface area contributed by atoms with Gasteiger partial charge in [-0.2, -0.15) is 18.3 Å². The molecular formula is C19H14F4N4OS. The van der Waals surface area contributed by atoms with E-state index < -0.39 is 17.6 Å². The molecule has 0 spiro atoms. The van der Waals surface area contributed by atoms with E-state index in [0.29, 0.717) is 21.8 Å². The number of halogens is 4. The van der Waals surface area contributed by atoms with E-state index in [9.17, 15) is 22.4 Å². The lowest BCUT2D eigenvalue weighted by Gasteiger charge is -2.15. The fourth-order valence-corrected chi connectivity index (χ4v) is 3.69. The van der Waals surface area contributed by atoms with Gasteiger partial charge in [0.1, 0.15) is 5.82 Å². The largest absolute Gasteiger partial charge is 0.419 e. The first-order valence-corrected chi connectivity index (χ1v) is 9.54. The van der Waals surface area contributed by atoms with Gasteiger partial charge in [0.05, 0.1) is 27.5 Å². The summed E-state index contributed by atoms with van der Waals surface area (Å²) in [6.07, 6.45) is 1.31. The smallest absolute Gasteiger partial charge is 0.305 e. The van der Waals surface area contributed by atoms with Gasteiger partial charge in [-0.1, -0.05) is 36.7 Å². The summed E-state index contributed by atoms with van der Waals surface area (Å²) in [7, 11) is 0. The summed E-state index contributed by atoms with van der Waals surface area (Å²) in [5, 5.41) is 9.09. The van der Waals surface area contributed by atoms with Crippen LogP contribution in [0.1, 0.15) is 24.8 Å². The number of thiazole rings is 1. The lowest BCUT2D eigenvalue weighted by molar-refractivity contribution is -0.139. The maximum Gasteiger partial charge on any atom is 0.419 e. The number of anilines is 1. The number of aromatic nitrogens is 3. The maximum atomic E-state index is 14.2. The van der Waals surface area contributed by atoms with Crippen LogP contribution in [0.15, 0.2) is 30.5 Å². The van der Waals surface area contributed by atoms with E-state index in [-0.39, 0.29) is 22.0 Å². The van der Waals surface area contributed by atoms with Crippen molar-refractivity contribution in [2.24, 2.45) is 0 Å². The Labute approximate surface area is 165 Å². The number of hydrogen-bond donors (Lipinski definition) is 2. The molecule has 1 fully saturated rings. The van der Waals surface area contributed by atoms with E-state index in [2.05, 4.69) is 20.5 Å². The number of amides is 1. The highest BCUT2D eigenvalue weighted by Crippen LogP contribution is 2.43. The van der Waals surface area contributed by atoms with Crippen molar-refractivity contribution in [3.63, 3.8) is 0 Å². The Morgan fingerprint density at radius 2 is 1.93 bits per heavy atom. The SMILES string of the molecule is C1CC1.O=CNc1nc2ccc(-c3c(C(F)(F)F)c(F)cc4[nH]ncc34)cc2s1. The van der Waals surface area contributed by atoms with Crippen molar-refractivity contribution in [2.75, 3.05) is 5.32 Å². The molecule has 0 atom stereocenters. The number of nitrogens with one attached hydrogen (secondary N) is 2. The zero-order valence-corrected chi connectivity index (χ0v) is 15.6. The van der Waals surface area contributed by atoms with Gasteiger partial charge in [-0.3, -0.25) is 9.89 Å². The van der Waals surface area contributed by atoms with Gasteiger partial charge in [0.25, 0.3) is 0 Å². The van der Waals surface area contributed by atoms with Crippen molar-refractivity contribution in [3.05, 3.63) is 41.8 Å². The molecule has 1 saturated carbocycles. The van der Waals surface area contributed by atoms with Crippen molar-refractivity contribution >= 4 is 44.0 Å². The summed E-state index contributed by atoms with van der Waals surface area (Å²) in [5.41, 5.74) is -0.783. The van der Waals surface area contributed by atoms with Gasteiger partial charge in [0.15, 0.2) is 5.13 Å². The number of carbonyl (C=O) groups is 1. The molecule has 0 unspecified atom stereocenters. The minimum atomic E-state index is -4.88. The zero-order chi connectivity index (χ0) is 20.6. The van der Waals surface area contributed by atoms with Gasteiger partial charge >= 0.3 is 6.18 Å². The zero-order valence-electron chi connectivity index (χ0n) is 14.8. The normalized spacial score (nSPS) is 13.2. The molecule has 0 bridgehead atoms. The lowest BCUT2D eigenvalue weighted by atomic mass is 9.95. The number of rotatable bonds is 3. The molecule has 1 amide bonds. The Hall–Kier alpha value is -3.01. The summed E-state index contributed by atoms with van der Waals surface area (Å²) >= 11 is 1.10. The molecule has 150 valence electrons. The number of benzene rings is 2. The first-order chi connectivity index (χ1) is 13.9. The topological polar surface area (TPSA) is 70.7 Å². The highest BCUT2D eigenvalue weighted by molar-refractivity contribution is 7.22. The molecule has 2 N–H and O–H groups in total. The second-order valence-corrected chi connectivity index (χ2v) is 7.49. The molecule has 10 heteroatoms. The summed E-state index contributed by atoms with van der Waals surface area (Å²) in [6.45, 7) is 0. The molecule has 4 aromatic rings. The molecule has 1 aliphatic carbocycles. The summed E-state index contributed by atoms with van der Waals surface area (Å²) in [6, 6.07) is 5.22. The lowest BCUT2D eigenvalue weighted by Crippen LogP contribution is -2.10. The van der Waals surface area contributed by atoms with Gasteiger partial charge in [-0.15, -0.1) is 0 Å². The van der Waals surface area contributed by atoms with E-state index in [1.165, 1.54) is 43.7 Å². The Balaban J connectivity index is 0.000000626. The molecule has 0 aliphatic heterocycles. The first kappa shape index (κ1) is 19.3. The van der Waals surface area contributed by atoms with Crippen LogP contribution in [0.4, 0.5) is 22.7 Å². The van der Waals surface area contributed by atoms with Crippen LogP contribution in [-0.2, 0) is 11.0 Å². The first-order valence-electron chi connectivity index (χ1n) is 8.72. The average molecular weight is 422 g/mol. The molecule has 1 aliphatic rings. The van der Waals surface area contributed by atoms with Crippen LogP contribution in [-0.4, -0.2) is 21.6 Å². The number of carbonyl (C=O) groups excluding carboxylic acids is 1. The Morgan fingerprint density at radius 3 is 2.59 bits per heavy atom. The third-order valence-corrected chi connectivity index (χ3v) is 5.14. The molecule has 0 radical (unpaired) electrons. The van der Waals surface area contributed by atoms with Crippen LogP contribution < -0.4 is 5.32 Å². The van der Waals surface area contributed by atoms with E-state index >= 15 is 0 Å². The van der Waals surface area contributed by atoms with Gasteiger partial charge in [0, 0.05) is 17.0 Å². The predicted molar refractivity (Wildman–Crippen MR) is 103 cm³/mol. The predicted octanol–water partition coefficient (Wildman–Crippen LogP) is 5.74. The highest BCUT2D eigenvalue weighted by atomic mass is 32.1. The van der Waals surface area contributed by atoms with Gasteiger partial charge in [-0.25, -0.2) is 9.37 Å². The van der Waals surface area contributed by atoms with Crippen molar-refractivity contribution in [1.82, 2.24) is 15.2 Å². The quantitative estimate of drug-likeness (QED) is 0.327. The van der Waals surface area contributed by atoms with E-state index in [1.54, 1.807) is 0 Å². The van der Waals surface area contributed by atoms with Crippen molar-refractivity contribution < 1.29 is 22.4 Å². The van der Waals surface area contributed by atoms with Crippen LogP contribution in [0.5, 0.6) is 0 Å². The van der Waals surface area contributed by atoms with Crippen LogP contribution in [0.3, 0.4) is 0 Å². The minimum absolute atomic E-state index is 0.161. The number of nitrogens with zero attached hydrogens (tertiary/aromatic N) is 2. The molecule has 5 nitrogen and oxygen atoms in total. The maximum absolute atomic E-state index is 14.2. The molecule has 2 aromatic carbocycles. The van der Waals surface area contributed by atoms with Crippen LogP contribution in [0.2, 0.25) is 0 Å². The second kappa shape index (κ2) is 7.43. The third-order valence-electron chi connectivity index (χ3n) is 4.19. The minimum Gasteiger partial charge on any atom is -0.305 e. The monoisotopic (exact) mass is 422 g/mol. The van der Waals surface area contributed by atoms with Crippen molar-refractivity contribution in [2.45, 2.75) is 25.4 Å². The third kappa shape index (κ3) is 3.93. The molecule has 0 saturated heterocycles. The molecule has 2 heterocycles. The number of aromatic amines is 1. The van der Waals surface area contributed by atoms with E-state index in [1.807, 2.05) is 0 Å². The molecular weight excluding hydrogens is 408 g/mol. The van der Waals surface area contributed by atoms with Crippen LogP contribution >= 0.6 is 11.3 Å². The van der Waals surface area contributed by atoms with Gasteiger partial charge in [0.2, 0.25) is 6.41 Å². The fourth-order valence-electron chi connectivity index (χ4n) is 2.83. The van der Waals surface area contributed by atoms with E-state index in [4.69, 9.17) is 0 Å². The Kier molecular flexibility index (Phi) is 4.95. The van der Waals surface area contributed by atoms with Gasteiger partial charge in [-0.05, 0) is 17.7 Å². The number of H-pyrrole nitrogens is 1. The number of alkyl halides is 3. The summed E-state index contributed by atoms with van der Waals surface area (Å²) in [4.78, 5) is 14.7. The standard InChI is InChI=1S/C16H8F4N4OS.C3H6/c17-9-4-11-8(5-22-24-11)13(14(9)16(18,19)20)7-1-2-10-12(3-7)26-15(23-10)21-6-25;1-2-3-1/h1-6H,(H,22,24)(H,21,23,25);1-3H2. The molecule has 2 aromatic heterocycles. The van der Waals surface area contributed by atoms with E-state index in [0.717, 1.165) is 17.4 Å². The van der Waals surface area contributed by atoms with Crippen LogP contribution in [0, 0.1) is 5.82 Å². The average Bonchev–Trinajstić information content (AvgIpc) is 3.37. The molecule has 29 heavy (non-hydrogen) atoms. The van der Waals surface area contributed by atoms with Gasteiger partial charge < -0.3 is 5.32 Å². The number of hydrogen-bond acceptors (Lipinski definition) is 4. The second-order valence-electron chi connectivity index (χ2n) is 6.46. The van der Waals surface area contributed by atoms with Crippen molar-refractivity contribution in [3.8, 4) is 11.1 Å².